The Kier molecular flexibility index (Phi) is 3.67. The summed E-state index contributed by atoms with van der Waals surface area (Å²) in [4.78, 5) is 11.7. The molecule has 0 atom stereocenters. The summed E-state index contributed by atoms with van der Waals surface area (Å²) in [6.45, 7) is 4.87. The van der Waals surface area contributed by atoms with Gasteiger partial charge in [-0.1, -0.05) is 26.0 Å². The lowest BCUT2D eigenvalue weighted by Gasteiger charge is -2.13. The third kappa shape index (κ3) is 3.48. The number of hydrogen-bond acceptors (Lipinski definition) is 2. The van der Waals surface area contributed by atoms with Crippen molar-refractivity contribution in [2.45, 2.75) is 26.7 Å². The van der Waals surface area contributed by atoms with E-state index in [1.165, 1.54) is 0 Å². The van der Waals surface area contributed by atoms with Crippen LogP contribution in [0.3, 0.4) is 0 Å². The summed E-state index contributed by atoms with van der Waals surface area (Å²) < 4.78 is 5.68. The average Bonchev–Trinajstić information content (AvgIpc) is 3.11. The number of anilines is 1. The van der Waals surface area contributed by atoms with Crippen molar-refractivity contribution in [2.24, 2.45) is 11.8 Å². The van der Waals surface area contributed by atoms with Gasteiger partial charge in [-0.3, -0.25) is 4.79 Å². The normalized spacial score (nSPS) is 14.8. The van der Waals surface area contributed by atoms with Crippen LogP contribution >= 0.6 is 0 Å². The molecule has 0 saturated heterocycles. The van der Waals surface area contributed by atoms with E-state index in [4.69, 9.17) is 4.74 Å². The molecule has 3 heteroatoms. The molecule has 1 aromatic rings. The van der Waals surface area contributed by atoms with Gasteiger partial charge in [-0.25, -0.2) is 0 Å². The first-order valence-corrected chi connectivity index (χ1v) is 6.19. The van der Waals surface area contributed by atoms with Gasteiger partial charge in [0.05, 0.1) is 12.3 Å². The van der Waals surface area contributed by atoms with Gasteiger partial charge in [0.2, 0.25) is 5.91 Å². The number of carbonyl (C=O) groups excluding carboxylic acids is 1. The molecular weight excluding hydrogens is 214 g/mol. The van der Waals surface area contributed by atoms with Crippen LogP contribution in [0.25, 0.3) is 0 Å². The number of benzene rings is 1. The molecule has 92 valence electrons. The van der Waals surface area contributed by atoms with Crippen LogP contribution in [0.15, 0.2) is 24.3 Å². The summed E-state index contributed by atoms with van der Waals surface area (Å²) in [5.74, 6) is 1.57. The monoisotopic (exact) mass is 233 g/mol. The first kappa shape index (κ1) is 12.0. The maximum absolute atomic E-state index is 11.7. The predicted molar refractivity (Wildman–Crippen MR) is 68.1 cm³/mol. The van der Waals surface area contributed by atoms with E-state index in [1.807, 2.05) is 24.3 Å². The zero-order valence-electron chi connectivity index (χ0n) is 10.4. The molecule has 1 saturated carbocycles. The van der Waals surface area contributed by atoms with E-state index in [1.54, 1.807) is 0 Å². The van der Waals surface area contributed by atoms with Gasteiger partial charge in [-0.15, -0.1) is 0 Å². The highest BCUT2D eigenvalue weighted by Crippen LogP contribution is 2.32. The van der Waals surface area contributed by atoms with Gasteiger partial charge in [-0.2, -0.15) is 0 Å². The third-order valence-electron chi connectivity index (χ3n) is 2.67. The van der Waals surface area contributed by atoms with Crippen LogP contribution in [0.4, 0.5) is 5.69 Å². The Labute approximate surface area is 102 Å². The largest absolute Gasteiger partial charge is 0.491 e. The lowest BCUT2D eigenvalue weighted by atomic mass is 10.2. The van der Waals surface area contributed by atoms with Crippen molar-refractivity contribution in [2.75, 3.05) is 11.9 Å². The van der Waals surface area contributed by atoms with E-state index in [2.05, 4.69) is 19.2 Å². The van der Waals surface area contributed by atoms with Crippen LogP contribution in [-0.4, -0.2) is 12.5 Å². The maximum Gasteiger partial charge on any atom is 0.227 e. The lowest BCUT2D eigenvalue weighted by molar-refractivity contribution is -0.117. The molecule has 0 radical (unpaired) electrons. The van der Waals surface area contributed by atoms with E-state index in [9.17, 15) is 4.79 Å². The quantitative estimate of drug-likeness (QED) is 0.848. The summed E-state index contributed by atoms with van der Waals surface area (Å²) in [7, 11) is 0. The summed E-state index contributed by atoms with van der Waals surface area (Å²) in [6, 6.07) is 7.61. The fraction of sp³-hybridized carbons (Fsp3) is 0.500. The van der Waals surface area contributed by atoms with E-state index < -0.39 is 0 Å². The minimum Gasteiger partial charge on any atom is -0.491 e. The third-order valence-corrected chi connectivity index (χ3v) is 2.67. The van der Waals surface area contributed by atoms with Crippen molar-refractivity contribution in [1.82, 2.24) is 0 Å². The van der Waals surface area contributed by atoms with Crippen molar-refractivity contribution >= 4 is 11.6 Å². The van der Waals surface area contributed by atoms with Gasteiger partial charge in [0.15, 0.2) is 0 Å². The van der Waals surface area contributed by atoms with Crippen molar-refractivity contribution in [3.8, 4) is 5.75 Å². The maximum atomic E-state index is 11.7. The number of para-hydroxylation sites is 2. The lowest BCUT2D eigenvalue weighted by Crippen LogP contribution is -2.15. The molecule has 1 fully saturated rings. The van der Waals surface area contributed by atoms with Crippen LogP contribution in [0.5, 0.6) is 5.75 Å². The number of nitrogens with one attached hydrogen (secondary N) is 1. The molecule has 0 heterocycles. The van der Waals surface area contributed by atoms with Crippen LogP contribution < -0.4 is 10.1 Å². The second-order valence-electron chi connectivity index (χ2n) is 4.96. The second kappa shape index (κ2) is 5.21. The fourth-order valence-corrected chi connectivity index (χ4v) is 1.53. The minimum absolute atomic E-state index is 0.116. The van der Waals surface area contributed by atoms with E-state index in [0.717, 1.165) is 24.3 Å². The van der Waals surface area contributed by atoms with Crippen LogP contribution in [0.2, 0.25) is 0 Å². The van der Waals surface area contributed by atoms with E-state index in [0.29, 0.717) is 12.5 Å². The van der Waals surface area contributed by atoms with Crippen molar-refractivity contribution in [3.63, 3.8) is 0 Å². The molecule has 1 aliphatic rings. The van der Waals surface area contributed by atoms with E-state index in [-0.39, 0.29) is 11.8 Å². The molecule has 1 amide bonds. The van der Waals surface area contributed by atoms with Crippen LogP contribution in [0.1, 0.15) is 26.7 Å². The molecule has 1 aromatic carbocycles. The molecule has 3 nitrogen and oxygen atoms in total. The molecule has 0 bridgehead atoms. The highest BCUT2D eigenvalue weighted by Gasteiger charge is 2.29. The molecule has 2 rings (SSSR count). The zero-order chi connectivity index (χ0) is 12.3. The summed E-state index contributed by atoms with van der Waals surface area (Å²) in [5, 5.41) is 2.93. The fourth-order valence-electron chi connectivity index (χ4n) is 1.53. The Bertz CT molecular complexity index is 397. The van der Waals surface area contributed by atoms with Gasteiger partial charge in [0.25, 0.3) is 0 Å². The smallest absolute Gasteiger partial charge is 0.227 e. The standard InChI is InChI=1S/C14H19NO2/c1-10(2)9-17-13-6-4-3-5-12(13)15-14(16)11-7-8-11/h3-6,10-11H,7-9H2,1-2H3,(H,15,16). The molecule has 0 aromatic heterocycles. The average molecular weight is 233 g/mol. The first-order valence-electron chi connectivity index (χ1n) is 6.19. The van der Waals surface area contributed by atoms with Gasteiger partial charge < -0.3 is 10.1 Å². The molecule has 17 heavy (non-hydrogen) atoms. The Morgan fingerprint density at radius 1 is 1.41 bits per heavy atom. The Balaban J connectivity index is 2.01. The highest BCUT2D eigenvalue weighted by atomic mass is 16.5. The topological polar surface area (TPSA) is 38.3 Å². The summed E-state index contributed by atoms with van der Waals surface area (Å²) in [5.41, 5.74) is 0.782. The van der Waals surface area contributed by atoms with Gasteiger partial charge in [-0.05, 0) is 30.9 Å². The summed E-state index contributed by atoms with van der Waals surface area (Å²) in [6.07, 6.45) is 2.03. The second-order valence-corrected chi connectivity index (χ2v) is 4.96. The highest BCUT2D eigenvalue weighted by molar-refractivity contribution is 5.95. The summed E-state index contributed by atoms with van der Waals surface area (Å²) >= 11 is 0. The number of ether oxygens (including phenoxy) is 1. The van der Waals surface area contributed by atoms with Gasteiger partial charge in [0, 0.05) is 5.92 Å². The number of carbonyl (C=O) groups is 1. The van der Waals surface area contributed by atoms with Crippen LogP contribution in [0, 0.1) is 11.8 Å². The Hall–Kier alpha value is -1.51. The van der Waals surface area contributed by atoms with Crippen LogP contribution in [-0.2, 0) is 4.79 Å². The molecule has 0 spiro atoms. The first-order chi connectivity index (χ1) is 8.16. The van der Waals surface area contributed by atoms with E-state index >= 15 is 0 Å². The number of hydrogen-bond donors (Lipinski definition) is 1. The van der Waals surface area contributed by atoms with Gasteiger partial charge in [0.1, 0.15) is 5.75 Å². The van der Waals surface area contributed by atoms with Crippen molar-refractivity contribution in [1.29, 1.82) is 0 Å². The molecule has 0 unspecified atom stereocenters. The Morgan fingerprint density at radius 3 is 2.76 bits per heavy atom. The minimum atomic E-state index is 0.116. The number of amides is 1. The SMILES string of the molecule is CC(C)COc1ccccc1NC(=O)C1CC1. The van der Waals surface area contributed by atoms with Gasteiger partial charge >= 0.3 is 0 Å². The molecule has 1 aliphatic carbocycles. The van der Waals surface area contributed by atoms with Crippen molar-refractivity contribution < 1.29 is 9.53 Å². The number of rotatable bonds is 5. The predicted octanol–water partition coefficient (Wildman–Crippen LogP) is 3.07. The molecule has 1 N–H and O–H groups in total. The zero-order valence-corrected chi connectivity index (χ0v) is 10.4. The Morgan fingerprint density at radius 2 is 2.12 bits per heavy atom. The molecule has 0 aliphatic heterocycles. The molecular formula is C14H19NO2. The van der Waals surface area contributed by atoms with Crippen molar-refractivity contribution in [3.05, 3.63) is 24.3 Å².